The molecule has 5 heteroatoms. The molecule has 3 aromatic rings. The molecule has 0 radical (unpaired) electrons. The van der Waals surface area contributed by atoms with Gasteiger partial charge in [0, 0.05) is 30.6 Å². The minimum atomic E-state index is -0.947. The highest BCUT2D eigenvalue weighted by Gasteiger charge is 2.23. The molecule has 0 saturated heterocycles. The molecule has 0 spiro atoms. The van der Waals surface area contributed by atoms with Crippen LogP contribution in [0.5, 0.6) is 0 Å². The van der Waals surface area contributed by atoms with Crippen LogP contribution in [0.25, 0.3) is 4.96 Å². The van der Waals surface area contributed by atoms with Crippen molar-refractivity contribution < 1.29 is 9.50 Å². The van der Waals surface area contributed by atoms with E-state index < -0.39 is 5.60 Å². The Labute approximate surface area is 120 Å². The zero-order valence-corrected chi connectivity index (χ0v) is 11.9. The summed E-state index contributed by atoms with van der Waals surface area (Å²) in [5, 5.41) is 12.5. The second kappa shape index (κ2) is 5.00. The average molecular weight is 290 g/mol. The van der Waals surface area contributed by atoms with Gasteiger partial charge in [0.15, 0.2) is 4.96 Å². The second-order valence-electron chi connectivity index (χ2n) is 5.31. The first-order valence-corrected chi connectivity index (χ1v) is 7.28. The van der Waals surface area contributed by atoms with Crippen molar-refractivity contribution in [3.8, 4) is 0 Å². The van der Waals surface area contributed by atoms with E-state index in [1.807, 2.05) is 28.2 Å². The molecule has 0 aliphatic carbocycles. The third-order valence-corrected chi connectivity index (χ3v) is 3.95. The zero-order valence-electron chi connectivity index (χ0n) is 11.1. The molecule has 1 unspecified atom stereocenters. The van der Waals surface area contributed by atoms with E-state index in [2.05, 4.69) is 4.98 Å². The molecule has 0 bridgehead atoms. The first-order valence-electron chi connectivity index (χ1n) is 6.40. The Kier molecular flexibility index (Phi) is 3.31. The van der Waals surface area contributed by atoms with Gasteiger partial charge < -0.3 is 5.11 Å². The minimum absolute atomic E-state index is 0.277. The summed E-state index contributed by atoms with van der Waals surface area (Å²) in [4.78, 5) is 5.38. The number of aliphatic hydroxyl groups is 1. The van der Waals surface area contributed by atoms with Crippen LogP contribution in [0.3, 0.4) is 0 Å². The Hall–Kier alpha value is -1.72. The molecule has 0 saturated carbocycles. The van der Waals surface area contributed by atoms with Gasteiger partial charge in [-0.2, -0.15) is 0 Å². The molecule has 3 nitrogen and oxygen atoms in total. The Balaban J connectivity index is 1.76. The number of hydrogen-bond acceptors (Lipinski definition) is 3. The number of nitrogens with zero attached hydrogens (tertiary/aromatic N) is 2. The van der Waals surface area contributed by atoms with Crippen LogP contribution in [0.1, 0.15) is 18.2 Å². The Morgan fingerprint density at radius 2 is 2.25 bits per heavy atom. The predicted octanol–water partition coefficient (Wildman–Crippen LogP) is 3.07. The number of halogens is 1. The largest absolute Gasteiger partial charge is 0.389 e. The van der Waals surface area contributed by atoms with Crippen LogP contribution < -0.4 is 0 Å². The van der Waals surface area contributed by atoms with Gasteiger partial charge in [0.2, 0.25) is 0 Å². The van der Waals surface area contributed by atoms with E-state index in [1.54, 1.807) is 24.3 Å². The standard InChI is InChI=1S/C15H15FN2OS/c1-15(19,8-11-3-2-4-12(16)7-11)9-13-10-18-5-6-20-14(18)17-13/h2-7,10,19H,8-9H2,1H3. The summed E-state index contributed by atoms with van der Waals surface area (Å²) < 4.78 is 15.1. The number of thiazole rings is 1. The second-order valence-corrected chi connectivity index (χ2v) is 6.18. The highest BCUT2D eigenvalue weighted by molar-refractivity contribution is 7.15. The molecule has 20 heavy (non-hydrogen) atoms. The number of benzene rings is 1. The molecular weight excluding hydrogens is 275 g/mol. The van der Waals surface area contributed by atoms with E-state index in [-0.39, 0.29) is 5.82 Å². The number of fused-ring (bicyclic) bond motifs is 1. The van der Waals surface area contributed by atoms with Crippen LogP contribution in [-0.4, -0.2) is 20.1 Å². The monoisotopic (exact) mass is 290 g/mol. The fourth-order valence-electron chi connectivity index (χ4n) is 2.40. The quantitative estimate of drug-likeness (QED) is 0.802. The van der Waals surface area contributed by atoms with Crippen LogP contribution in [0, 0.1) is 5.82 Å². The van der Waals surface area contributed by atoms with Crippen molar-refractivity contribution in [1.29, 1.82) is 0 Å². The number of aromatic nitrogens is 2. The minimum Gasteiger partial charge on any atom is -0.389 e. The molecule has 2 heterocycles. The maximum atomic E-state index is 13.2. The molecule has 1 N–H and O–H groups in total. The molecule has 0 aliphatic heterocycles. The third kappa shape index (κ3) is 2.89. The lowest BCUT2D eigenvalue weighted by Crippen LogP contribution is -2.30. The summed E-state index contributed by atoms with van der Waals surface area (Å²) >= 11 is 1.56. The molecule has 1 aromatic carbocycles. The number of rotatable bonds is 4. The number of imidazole rings is 1. The van der Waals surface area contributed by atoms with Crippen molar-refractivity contribution in [2.24, 2.45) is 0 Å². The lowest BCUT2D eigenvalue weighted by molar-refractivity contribution is 0.0599. The summed E-state index contributed by atoms with van der Waals surface area (Å²) in [5.74, 6) is -0.277. The van der Waals surface area contributed by atoms with Gasteiger partial charge in [0.05, 0.1) is 11.3 Å². The first-order chi connectivity index (χ1) is 9.52. The summed E-state index contributed by atoms with van der Waals surface area (Å²) in [5.41, 5.74) is 0.687. The first kappa shape index (κ1) is 13.3. The predicted molar refractivity (Wildman–Crippen MR) is 77.5 cm³/mol. The van der Waals surface area contributed by atoms with Gasteiger partial charge in [-0.15, -0.1) is 11.3 Å². The van der Waals surface area contributed by atoms with Crippen LogP contribution in [0.2, 0.25) is 0 Å². The Morgan fingerprint density at radius 1 is 1.40 bits per heavy atom. The van der Waals surface area contributed by atoms with Gasteiger partial charge in [0.25, 0.3) is 0 Å². The zero-order chi connectivity index (χ0) is 14.2. The van der Waals surface area contributed by atoms with Crippen LogP contribution in [-0.2, 0) is 12.8 Å². The molecule has 3 rings (SSSR count). The fraction of sp³-hybridized carbons (Fsp3) is 0.267. The van der Waals surface area contributed by atoms with Crippen molar-refractivity contribution in [2.45, 2.75) is 25.4 Å². The maximum Gasteiger partial charge on any atom is 0.193 e. The normalized spacial score (nSPS) is 14.6. The van der Waals surface area contributed by atoms with E-state index >= 15 is 0 Å². The lowest BCUT2D eigenvalue weighted by atomic mass is 9.92. The van der Waals surface area contributed by atoms with Crippen molar-refractivity contribution in [3.05, 3.63) is 59.1 Å². The molecule has 0 fully saturated rings. The topological polar surface area (TPSA) is 37.5 Å². The molecule has 0 aliphatic rings. The van der Waals surface area contributed by atoms with Crippen LogP contribution in [0.15, 0.2) is 42.0 Å². The highest BCUT2D eigenvalue weighted by Crippen LogP contribution is 2.20. The van der Waals surface area contributed by atoms with Crippen molar-refractivity contribution in [3.63, 3.8) is 0 Å². The van der Waals surface area contributed by atoms with Crippen LogP contribution >= 0.6 is 11.3 Å². The van der Waals surface area contributed by atoms with Crippen LogP contribution in [0.4, 0.5) is 4.39 Å². The van der Waals surface area contributed by atoms with Gasteiger partial charge in [-0.3, -0.25) is 4.40 Å². The van der Waals surface area contributed by atoms with E-state index in [9.17, 15) is 9.50 Å². The molecular formula is C15H15FN2OS. The van der Waals surface area contributed by atoms with Gasteiger partial charge >= 0.3 is 0 Å². The highest BCUT2D eigenvalue weighted by atomic mass is 32.1. The van der Waals surface area contributed by atoms with Crippen molar-refractivity contribution in [2.75, 3.05) is 0 Å². The summed E-state index contributed by atoms with van der Waals surface area (Å²) in [7, 11) is 0. The van der Waals surface area contributed by atoms with E-state index in [0.717, 1.165) is 16.2 Å². The van der Waals surface area contributed by atoms with Crippen molar-refractivity contribution in [1.82, 2.24) is 9.38 Å². The average Bonchev–Trinajstić information content (AvgIpc) is 2.87. The van der Waals surface area contributed by atoms with E-state index in [4.69, 9.17) is 0 Å². The lowest BCUT2D eigenvalue weighted by Gasteiger charge is -2.22. The molecule has 104 valence electrons. The van der Waals surface area contributed by atoms with Gasteiger partial charge in [-0.25, -0.2) is 9.37 Å². The summed E-state index contributed by atoms with van der Waals surface area (Å²) in [6.45, 7) is 1.76. The Bertz CT molecular complexity index is 704. The molecule has 0 amide bonds. The van der Waals surface area contributed by atoms with Crippen molar-refractivity contribution >= 4 is 16.3 Å². The fourth-order valence-corrected chi connectivity index (χ4v) is 3.12. The smallest absolute Gasteiger partial charge is 0.193 e. The molecule has 1 atom stereocenters. The van der Waals surface area contributed by atoms with Gasteiger partial charge in [-0.05, 0) is 24.6 Å². The number of hydrogen-bond donors (Lipinski definition) is 1. The third-order valence-electron chi connectivity index (χ3n) is 3.18. The van der Waals surface area contributed by atoms with E-state index in [0.29, 0.717) is 12.8 Å². The maximum absolute atomic E-state index is 13.2. The van der Waals surface area contributed by atoms with Gasteiger partial charge in [-0.1, -0.05) is 12.1 Å². The molecule has 2 aromatic heterocycles. The van der Waals surface area contributed by atoms with Gasteiger partial charge in [0.1, 0.15) is 5.82 Å². The summed E-state index contributed by atoms with van der Waals surface area (Å²) in [6.07, 6.45) is 4.71. The SMILES string of the molecule is CC(O)(Cc1cccc(F)c1)Cc1cn2ccsc2n1. The van der Waals surface area contributed by atoms with E-state index in [1.165, 1.54) is 12.1 Å². The summed E-state index contributed by atoms with van der Waals surface area (Å²) in [6, 6.07) is 6.35. The Morgan fingerprint density at radius 3 is 3.00 bits per heavy atom.